The van der Waals surface area contributed by atoms with Gasteiger partial charge < -0.3 is 5.11 Å². The molecule has 0 aliphatic heterocycles. The highest BCUT2D eigenvalue weighted by Gasteiger charge is 2.58. The van der Waals surface area contributed by atoms with Crippen molar-refractivity contribution in [1.29, 1.82) is 0 Å². The van der Waals surface area contributed by atoms with Crippen molar-refractivity contribution in [2.45, 2.75) is 85.0 Å². The van der Waals surface area contributed by atoms with Crippen LogP contribution >= 0.6 is 0 Å². The van der Waals surface area contributed by atoms with Crippen LogP contribution in [0, 0.1) is 46.3 Å². The van der Waals surface area contributed by atoms with Crippen LogP contribution in [0.2, 0.25) is 0 Å². The SMILES string of the molecule is C[C@@H](CCCO)[C@H]1CC[C@H]2[C@@H]3C=C[C@@H]4CCCC[C@]4(C)[C@H]3CC[C@]12C. The molecule has 4 aliphatic carbocycles. The topological polar surface area (TPSA) is 20.2 Å². The van der Waals surface area contributed by atoms with E-state index in [9.17, 15) is 5.11 Å². The van der Waals surface area contributed by atoms with Gasteiger partial charge in [-0.15, -0.1) is 0 Å². The number of hydrogen-bond acceptors (Lipinski definition) is 1. The number of rotatable bonds is 4. The largest absolute Gasteiger partial charge is 0.396 e. The van der Waals surface area contributed by atoms with Crippen LogP contribution in [-0.2, 0) is 0 Å². The lowest BCUT2D eigenvalue weighted by Gasteiger charge is -2.58. The first-order valence-corrected chi connectivity index (χ1v) is 11.3. The van der Waals surface area contributed by atoms with Crippen molar-refractivity contribution in [3.05, 3.63) is 12.2 Å². The van der Waals surface area contributed by atoms with E-state index in [-0.39, 0.29) is 0 Å². The van der Waals surface area contributed by atoms with Gasteiger partial charge in [-0.2, -0.15) is 0 Å². The Morgan fingerprint density at radius 3 is 2.56 bits per heavy atom. The van der Waals surface area contributed by atoms with Gasteiger partial charge in [0.15, 0.2) is 0 Å². The van der Waals surface area contributed by atoms with Crippen molar-refractivity contribution in [2.75, 3.05) is 6.61 Å². The molecule has 25 heavy (non-hydrogen) atoms. The molecule has 0 aromatic rings. The van der Waals surface area contributed by atoms with Gasteiger partial charge in [-0.05, 0) is 97.7 Å². The van der Waals surface area contributed by atoms with E-state index in [2.05, 4.69) is 32.9 Å². The van der Waals surface area contributed by atoms with E-state index in [0.717, 1.165) is 41.9 Å². The fraction of sp³-hybridized carbons (Fsp3) is 0.917. The van der Waals surface area contributed by atoms with E-state index >= 15 is 0 Å². The van der Waals surface area contributed by atoms with Crippen LogP contribution in [0.5, 0.6) is 0 Å². The molecule has 0 heterocycles. The van der Waals surface area contributed by atoms with Crippen LogP contribution in [0.1, 0.15) is 85.0 Å². The number of hydrogen-bond donors (Lipinski definition) is 1. The Balaban J connectivity index is 1.57. The molecule has 0 radical (unpaired) electrons. The highest BCUT2D eigenvalue weighted by atomic mass is 16.2. The molecule has 0 amide bonds. The summed E-state index contributed by atoms with van der Waals surface area (Å²) < 4.78 is 0. The number of fused-ring (bicyclic) bond motifs is 5. The maximum atomic E-state index is 9.24. The van der Waals surface area contributed by atoms with Crippen molar-refractivity contribution in [2.24, 2.45) is 46.3 Å². The molecule has 142 valence electrons. The number of allylic oxidation sites excluding steroid dienone is 2. The molecule has 0 spiro atoms. The minimum atomic E-state index is 0.365. The number of aliphatic hydroxyl groups excluding tert-OH is 1. The molecule has 0 aromatic carbocycles. The summed E-state index contributed by atoms with van der Waals surface area (Å²) >= 11 is 0. The Kier molecular flexibility index (Phi) is 4.84. The second-order valence-corrected chi connectivity index (χ2v) is 10.6. The molecule has 3 fully saturated rings. The van der Waals surface area contributed by atoms with E-state index in [1.54, 1.807) is 0 Å². The summed E-state index contributed by atoms with van der Waals surface area (Å²) in [6.07, 6.45) is 19.2. The normalized spacial score (nSPS) is 50.0. The lowest BCUT2D eigenvalue weighted by molar-refractivity contribution is -0.0645. The molecule has 3 saturated carbocycles. The standard InChI is InChI=1S/C24H40O/c1-17(7-6-16-25)20-11-12-21-19-10-9-18-8-4-5-14-23(18,2)22(19)13-15-24(20,21)3/h9-10,17-22,25H,4-8,11-16H2,1-3H3/t17-,18-,19-,20+,21-,22-,23-,24+/m0/s1. The van der Waals surface area contributed by atoms with E-state index in [1.807, 2.05) is 0 Å². The van der Waals surface area contributed by atoms with E-state index in [4.69, 9.17) is 0 Å². The molecule has 0 saturated heterocycles. The summed E-state index contributed by atoms with van der Waals surface area (Å²) in [6.45, 7) is 8.13. The maximum Gasteiger partial charge on any atom is 0.0431 e. The van der Waals surface area contributed by atoms with Gasteiger partial charge >= 0.3 is 0 Å². The van der Waals surface area contributed by atoms with Gasteiger partial charge in [0.05, 0.1) is 0 Å². The lowest BCUT2D eigenvalue weighted by Crippen LogP contribution is -2.51. The molecule has 1 heteroatoms. The second kappa shape index (κ2) is 6.70. The van der Waals surface area contributed by atoms with Crippen LogP contribution in [0.3, 0.4) is 0 Å². The molecule has 0 aromatic heterocycles. The summed E-state index contributed by atoms with van der Waals surface area (Å²) in [4.78, 5) is 0. The summed E-state index contributed by atoms with van der Waals surface area (Å²) in [5.74, 6) is 5.26. The Hall–Kier alpha value is -0.300. The Morgan fingerprint density at radius 1 is 0.960 bits per heavy atom. The highest BCUT2D eigenvalue weighted by Crippen LogP contribution is 2.66. The third-order valence-corrected chi connectivity index (χ3v) is 9.65. The molecular weight excluding hydrogens is 304 g/mol. The zero-order valence-corrected chi connectivity index (χ0v) is 16.8. The summed E-state index contributed by atoms with van der Waals surface area (Å²) in [7, 11) is 0. The van der Waals surface area contributed by atoms with Gasteiger partial charge in [0, 0.05) is 6.61 Å². The zero-order valence-electron chi connectivity index (χ0n) is 16.8. The van der Waals surface area contributed by atoms with Crippen molar-refractivity contribution in [3.63, 3.8) is 0 Å². The first-order valence-electron chi connectivity index (χ1n) is 11.3. The average Bonchev–Trinajstić information content (AvgIpc) is 2.96. The van der Waals surface area contributed by atoms with E-state index in [1.165, 1.54) is 57.8 Å². The van der Waals surface area contributed by atoms with Crippen LogP contribution in [0.4, 0.5) is 0 Å². The smallest absolute Gasteiger partial charge is 0.0431 e. The monoisotopic (exact) mass is 344 g/mol. The molecule has 4 rings (SSSR count). The third-order valence-electron chi connectivity index (χ3n) is 9.65. The molecule has 0 unspecified atom stereocenters. The minimum absolute atomic E-state index is 0.365. The Bertz CT molecular complexity index is 510. The fourth-order valence-corrected chi connectivity index (χ4v) is 8.25. The Morgan fingerprint density at radius 2 is 1.76 bits per heavy atom. The number of aliphatic hydroxyl groups is 1. The van der Waals surface area contributed by atoms with Gasteiger partial charge in [0.25, 0.3) is 0 Å². The van der Waals surface area contributed by atoms with Gasteiger partial charge in [-0.25, -0.2) is 0 Å². The van der Waals surface area contributed by atoms with Crippen LogP contribution in [-0.4, -0.2) is 11.7 Å². The van der Waals surface area contributed by atoms with Crippen molar-refractivity contribution < 1.29 is 5.11 Å². The van der Waals surface area contributed by atoms with Gasteiger partial charge in [0.1, 0.15) is 0 Å². The summed E-state index contributed by atoms with van der Waals surface area (Å²) in [5.41, 5.74) is 1.15. The van der Waals surface area contributed by atoms with Crippen molar-refractivity contribution >= 4 is 0 Å². The maximum absolute atomic E-state index is 9.24. The summed E-state index contributed by atoms with van der Waals surface area (Å²) in [5, 5.41) is 9.24. The van der Waals surface area contributed by atoms with E-state index in [0.29, 0.717) is 17.4 Å². The van der Waals surface area contributed by atoms with Gasteiger partial charge in [-0.3, -0.25) is 0 Å². The zero-order chi connectivity index (χ0) is 17.7. The first-order chi connectivity index (χ1) is 12.0. The third kappa shape index (κ3) is 2.75. The average molecular weight is 345 g/mol. The lowest BCUT2D eigenvalue weighted by atomic mass is 9.46. The highest BCUT2D eigenvalue weighted by molar-refractivity contribution is 5.17. The van der Waals surface area contributed by atoms with Gasteiger partial charge in [-0.1, -0.05) is 45.8 Å². The molecule has 1 nitrogen and oxygen atoms in total. The second-order valence-electron chi connectivity index (χ2n) is 10.6. The van der Waals surface area contributed by atoms with E-state index < -0.39 is 0 Å². The van der Waals surface area contributed by atoms with Crippen LogP contribution in [0.15, 0.2) is 12.2 Å². The van der Waals surface area contributed by atoms with Crippen molar-refractivity contribution in [1.82, 2.24) is 0 Å². The molecular formula is C24H40O. The van der Waals surface area contributed by atoms with Crippen LogP contribution < -0.4 is 0 Å². The minimum Gasteiger partial charge on any atom is -0.396 e. The van der Waals surface area contributed by atoms with Crippen LogP contribution in [0.25, 0.3) is 0 Å². The predicted molar refractivity (Wildman–Crippen MR) is 105 cm³/mol. The molecule has 4 aliphatic rings. The quantitative estimate of drug-likeness (QED) is 0.600. The molecule has 8 atom stereocenters. The summed E-state index contributed by atoms with van der Waals surface area (Å²) in [6, 6.07) is 0. The van der Waals surface area contributed by atoms with Gasteiger partial charge in [0.2, 0.25) is 0 Å². The molecule has 1 N–H and O–H groups in total. The Labute approximate surface area is 155 Å². The predicted octanol–water partition coefficient (Wildman–Crippen LogP) is 6.22. The fourth-order valence-electron chi connectivity index (χ4n) is 8.25. The first kappa shape index (κ1) is 18.1. The molecule has 0 bridgehead atoms. The van der Waals surface area contributed by atoms with Crippen molar-refractivity contribution in [3.8, 4) is 0 Å².